The number of urea groups is 1. The minimum absolute atomic E-state index is 0.00167. The average molecular weight is 367 g/mol. The van der Waals surface area contributed by atoms with E-state index in [2.05, 4.69) is 5.32 Å². The van der Waals surface area contributed by atoms with Crippen LogP contribution in [0.25, 0.3) is 0 Å². The first-order chi connectivity index (χ1) is 13.2. The zero-order valence-electron chi connectivity index (χ0n) is 15.6. The lowest BCUT2D eigenvalue weighted by atomic mass is 10.2. The molecule has 0 aliphatic carbocycles. The molecule has 142 valence electrons. The Hall–Kier alpha value is -3.02. The van der Waals surface area contributed by atoms with Crippen molar-refractivity contribution < 1.29 is 14.3 Å². The maximum atomic E-state index is 12.5. The highest BCUT2D eigenvalue weighted by Crippen LogP contribution is 2.14. The van der Waals surface area contributed by atoms with Gasteiger partial charge in [-0.25, -0.2) is 4.79 Å². The number of hydrogen-bond acceptors (Lipinski definition) is 3. The van der Waals surface area contributed by atoms with Gasteiger partial charge in [0.25, 0.3) is 0 Å². The summed E-state index contributed by atoms with van der Waals surface area (Å²) in [6, 6.07) is 17.5. The van der Waals surface area contributed by atoms with Crippen LogP contribution in [-0.4, -0.2) is 48.5 Å². The van der Waals surface area contributed by atoms with Gasteiger partial charge in [0.15, 0.2) is 0 Å². The van der Waals surface area contributed by atoms with E-state index < -0.39 is 0 Å². The van der Waals surface area contributed by atoms with Gasteiger partial charge in [0.2, 0.25) is 5.91 Å². The quantitative estimate of drug-likeness (QED) is 0.780. The van der Waals surface area contributed by atoms with Gasteiger partial charge < -0.3 is 19.9 Å². The van der Waals surface area contributed by atoms with Crippen molar-refractivity contribution in [1.29, 1.82) is 0 Å². The third-order valence-electron chi connectivity index (χ3n) is 4.65. The Labute approximate surface area is 159 Å². The average Bonchev–Trinajstić information content (AvgIpc) is 3.05. The summed E-state index contributed by atoms with van der Waals surface area (Å²) in [7, 11) is 1.62. The van der Waals surface area contributed by atoms with E-state index in [-0.39, 0.29) is 11.9 Å². The molecule has 1 heterocycles. The lowest BCUT2D eigenvalue weighted by Crippen LogP contribution is -2.34. The predicted octanol–water partition coefficient (Wildman–Crippen LogP) is 2.64. The molecule has 3 rings (SSSR count). The van der Waals surface area contributed by atoms with Crippen molar-refractivity contribution in [3.8, 4) is 5.75 Å². The largest absolute Gasteiger partial charge is 0.497 e. The third-order valence-corrected chi connectivity index (χ3v) is 4.65. The number of carbonyl (C=O) groups is 2. The maximum absolute atomic E-state index is 12.5. The molecule has 0 unspecified atom stereocenters. The molecule has 0 bridgehead atoms. The van der Waals surface area contributed by atoms with Crippen LogP contribution in [0.5, 0.6) is 5.75 Å². The molecule has 2 aromatic carbocycles. The number of rotatable bonds is 8. The first-order valence-electron chi connectivity index (χ1n) is 9.13. The standard InChI is InChI=1S/C21H25N3O3/c1-27-19-9-7-17(8-10-19)15-22-20(25)11-12-23-13-14-24(21(23)26)16-18-5-3-2-4-6-18/h2-10H,11-16H2,1H3,(H,22,25). The summed E-state index contributed by atoms with van der Waals surface area (Å²) >= 11 is 0. The van der Waals surface area contributed by atoms with E-state index in [0.29, 0.717) is 39.1 Å². The van der Waals surface area contributed by atoms with Gasteiger partial charge in [-0.1, -0.05) is 42.5 Å². The summed E-state index contributed by atoms with van der Waals surface area (Å²) in [5.74, 6) is 0.734. The molecule has 1 saturated heterocycles. The number of amides is 3. The van der Waals surface area contributed by atoms with Crippen LogP contribution in [0.2, 0.25) is 0 Å². The highest BCUT2D eigenvalue weighted by molar-refractivity contribution is 5.79. The molecule has 1 N–H and O–H groups in total. The molecule has 0 radical (unpaired) electrons. The number of carbonyl (C=O) groups excluding carboxylic acids is 2. The van der Waals surface area contributed by atoms with Gasteiger partial charge in [0, 0.05) is 39.1 Å². The fourth-order valence-corrected chi connectivity index (χ4v) is 3.06. The number of methoxy groups -OCH3 is 1. The van der Waals surface area contributed by atoms with Crippen LogP contribution in [-0.2, 0) is 17.9 Å². The maximum Gasteiger partial charge on any atom is 0.320 e. The van der Waals surface area contributed by atoms with Crippen LogP contribution >= 0.6 is 0 Å². The Morgan fingerprint density at radius 2 is 1.70 bits per heavy atom. The van der Waals surface area contributed by atoms with Gasteiger partial charge in [-0.15, -0.1) is 0 Å². The Balaban J connectivity index is 1.40. The molecule has 0 atom stereocenters. The molecule has 1 aliphatic heterocycles. The molecule has 0 aromatic heterocycles. The zero-order chi connectivity index (χ0) is 19.1. The zero-order valence-corrected chi connectivity index (χ0v) is 15.6. The number of nitrogens with zero attached hydrogens (tertiary/aromatic N) is 2. The van der Waals surface area contributed by atoms with E-state index in [9.17, 15) is 9.59 Å². The van der Waals surface area contributed by atoms with Gasteiger partial charge in [-0.3, -0.25) is 4.79 Å². The second-order valence-corrected chi connectivity index (χ2v) is 6.55. The van der Waals surface area contributed by atoms with Crippen molar-refractivity contribution in [2.75, 3.05) is 26.7 Å². The molecule has 0 saturated carbocycles. The predicted molar refractivity (Wildman–Crippen MR) is 103 cm³/mol. The number of hydrogen-bond donors (Lipinski definition) is 1. The van der Waals surface area contributed by atoms with Crippen molar-refractivity contribution in [2.45, 2.75) is 19.5 Å². The molecule has 3 amide bonds. The van der Waals surface area contributed by atoms with Crippen LogP contribution in [0.4, 0.5) is 4.79 Å². The fourth-order valence-electron chi connectivity index (χ4n) is 3.06. The van der Waals surface area contributed by atoms with E-state index in [1.807, 2.05) is 59.5 Å². The lowest BCUT2D eigenvalue weighted by Gasteiger charge is -2.18. The Morgan fingerprint density at radius 3 is 2.41 bits per heavy atom. The minimum atomic E-state index is -0.0554. The molecule has 2 aromatic rings. The normalized spacial score (nSPS) is 13.7. The smallest absolute Gasteiger partial charge is 0.320 e. The van der Waals surface area contributed by atoms with Crippen molar-refractivity contribution in [3.05, 3.63) is 65.7 Å². The molecule has 1 fully saturated rings. The van der Waals surface area contributed by atoms with E-state index in [1.165, 1.54) is 0 Å². The highest BCUT2D eigenvalue weighted by atomic mass is 16.5. The van der Waals surface area contributed by atoms with Gasteiger partial charge in [-0.2, -0.15) is 0 Å². The van der Waals surface area contributed by atoms with E-state index in [1.54, 1.807) is 12.0 Å². The van der Waals surface area contributed by atoms with Gasteiger partial charge in [0.05, 0.1) is 7.11 Å². The lowest BCUT2D eigenvalue weighted by molar-refractivity contribution is -0.121. The van der Waals surface area contributed by atoms with Crippen molar-refractivity contribution >= 4 is 11.9 Å². The first kappa shape index (κ1) is 18.8. The molecular weight excluding hydrogens is 342 g/mol. The van der Waals surface area contributed by atoms with Crippen molar-refractivity contribution in [3.63, 3.8) is 0 Å². The van der Waals surface area contributed by atoms with E-state index >= 15 is 0 Å². The molecule has 0 spiro atoms. The Morgan fingerprint density at radius 1 is 1.00 bits per heavy atom. The summed E-state index contributed by atoms with van der Waals surface area (Å²) < 4.78 is 5.12. The van der Waals surface area contributed by atoms with Gasteiger partial charge in [0.1, 0.15) is 5.75 Å². The Bertz CT molecular complexity index is 762. The van der Waals surface area contributed by atoms with Crippen LogP contribution in [0.1, 0.15) is 17.5 Å². The summed E-state index contributed by atoms with van der Waals surface area (Å²) in [6.07, 6.45) is 0.307. The molecular formula is C21H25N3O3. The topological polar surface area (TPSA) is 61.9 Å². The van der Waals surface area contributed by atoms with Crippen LogP contribution in [0.15, 0.2) is 54.6 Å². The molecule has 1 aliphatic rings. The van der Waals surface area contributed by atoms with Crippen LogP contribution < -0.4 is 10.1 Å². The third kappa shape index (κ3) is 5.23. The highest BCUT2D eigenvalue weighted by Gasteiger charge is 2.28. The molecule has 27 heavy (non-hydrogen) atoms. The summed E-state index contributed by atoms with van der Waals surface area (Å²) in [5.41, 5.74) is 2.13. The molecule has 6 heteroatoms. The summed E-state index contributed by atoms with van der Waals surface area (Å²) in [4.78, 5) is 28.1. The number of ether oxygens (including phenoxy) is 1. The van der Waals surface area contributed by atoms with E-state index in [0.717, 1.165) is 16.9 Å². The minimum Gasteiger partial charge on any atom is -0.497 e. The van der Waals surface area contributed by atoms with Crippen LogP contribution in [0.3, 0.4) is 0 Å². The summed E-state index contributed by atoms with van der Waals surface area (Å²) in [5, 5.41) is 2.89. The van der Waals surface area contributed by atoms with Crippen molar-refractivity contribution in [1.82, 2.24) is 15.1 Å². The van der Waals surface area contributed by atoms with Gasteiger partial charge >= 0.3 is 6.03 Å². The first-order valence-corrected chi connectivity index (χ1v) is 9.13. The number of nitrogens with one attached hydrogen (secondary N) is 1. The fraction of sp³-hybridized carbons (Fsp3) is 0.333. The summed E-state index contributed by atoms with van der Waals surface area (Å²) in [6.45, 7) is 2.88. The Kier molecular flexibility index (Phi) is 6.30. The van der Waals surface area contributed by atoms with E-state index in [4.69, 9.17) is 4.74 Å². The molecule has 6 nitrogen and oxygen atoms in total. The van der Waals surface area contributed by atoms with Crippen molar-refractivity contribution in [2.24, 2.45) is 0 Å². The SMILES string of the molecule is COc1ccc(CNC(=O)CCN2CCN(Cc3ccccc3)C2=O)cc1. The van der Waals surface area contributed by atoms with Crippen LogP contribution in [0, 0.1) is 0 Å². The number of benzene rings is 2. The monoisotopic (exact) mass is 367 g/mol. The van der Waals surface area contributed by atoms with Gasteiger partial charge in [-0.05, 0) is 23.3 Å². The second kappa shape index (κ2) is 9.07. The second-order valence-electron chi connectivity index (χ2n) is 6.55.